The molecule has 1 amide bonds. The highest BCUT2D eigenvalue weighted by atomic mass is 32.1. The first-order chi connectivity index (χ1) is 11.7. The van der Waals surface area contributed by atoms with Crippen molar-refractivity contribution >= 4 is 28.3 Å². The number of nitrogens with one attached hydrogen (secondary N) is 2. The molecule has 2 heterocycles. The van der Waals surface area contributed by atoms with Gasteiger partial charge >= 0.3 is 0 Å². The van der Waals surface area contributed by atoms with Crippen molar-refractivity contribution in [2.45, 2.75) is 32.6 Å². The minimum absolute atomic E-state index is 0.139. The van der Waals surface area contributed by atoms with E-state index in [9.17, 15) is 9.18 Å². The van der Waals surface area contributed by atoms with E-state index < -0.39 is 0 Å². The lowest BCUT2D eigenvalue weighted by Gasteiger charge is -2.02. The second kappa shape index (κ2) is 7.53. The summed E-state index contributed by atoms with van der Waals surface area (Å²) in [7, 11) is 0. The van der Waals surface area contributed by atoms with Gasteiger partial charge < -0.3 is 10.3 Å². The summed E-state index contributed by atoms with van der Waals surface area (Å²) in [6, 6.07) is 4.49. The van der Waals surface area contributed by atoms with Gasteiger partial charge in [-0.25, -0.2) is 14.4 Å². The van der Waals surface area contributed by atoms with Crippen molar-refractivity contribution in [1.29, 1.82) is 0 Å². The number of nitrogens with zero attached hydrogens (tertiary/aromatic N) is 2. The number of amides is 1. The van der Waals surface area contributed by atoms with Crippen molar-refractivity contribution in [3.05, 3.63) is 45.9 Å². The number of hydrogen-bond acceptors (Lipinski definition) is 4. The maximum atomic E-state index is 13.2. The zero-order valence-corrected chi connectivity index (χ0v) is 14.3. The summed E-state index contributed by atoms with van der Waals surface area (Å²) in [5.74, 6) is 0.375. The van der Waals surface area contributed by atoms with Gasteiger partial charge in [0.15, 0.2) is 0 Å². The van der Waals surface area contributed by atoms with E-state index in [1.165, 1.54) is 23.5 Å². The fourth-order valence-electron chi connectivity index (χ4n) is 2.45. The van der Waals surface area contributed by atoms with Gasteiger partial charge in [0.25, 0.3) is 5.91 Å². The van der Waals surface area contributed by atoms with E-state index in [4.69, 9.17) is 0 Å². The van der Waals surface area contributed by atoms with Gasteiger partial charge in [0.2, 0.25) is 0 Å². The van der Waals surface area contributed by atoms with Crippen LogP contribution >= 0.6 is 11.3 Å². The first-order valence-electron chi connectivity index (χ1n) is 8.02. The summed E-state index contributed by atoms with van der Waals surface area (Å²) in [6.45, 7) is 2.64. The average Bonchev–Trinajstić information content (AvgIpc) is 3.18. The van der Waals surface area contributed by atoms with Crippen molar-refractivity contribution in [3.8, 4) is 0 Å². The summed E-state index contributed by atoms with van der Waals surface area (Å²) in [6.07, 6.45) is 3.37. The van der Waals surface area contributed by atoms with Crippen molar-refractivity contribution in [2.24, 2.45) is 0 Å². The van der Waals surface area contributed by atoms with Gasteiger partial charge in [-0.05, 0) is 37.5 Å². The number of aryl methyl sites for hydroxylation is 2. The van der Waals surface area contributed by atoms with Crippen molar-refractivity contribution in [3.63, 3.8) is 0 Å². The van der Waals surface area contributed by atoms with Crippen LogP contribution in [0.4, 0.5) is 4.39 Å². The maximum Gasteiger partial charge on any atom is 0.270 e. The molecular formula is C17H19FN4OS. The zero-order chi connectivity index (χ0) is 16.9. The molecule has 0 aliphatic heterocycles. The molecule has 0 aliphatic rings. The van der Waals surface area contributed by atoms with Crippen LogP contribution < -0.4 is 5.32 Å². The fraction of sp³-hybridized carbons (Fsp3) is 0.353. The predicted octanol–water partition coefficient (Wildman–Crippen LogP) is 3.47. The third-order valence-electron chi connectivity index (χ3n) is 3.62. The number of H-pyrrole nitrogens is 1. The molecule has 0 aliphatic carbocycles. The Morgan fingerprint density at radius 3 is 3.04 bits per heavy atom. The Hall–Kier alpha value is -2.28. The van der Waals surface area contributed by atoms with Crippen molar-refractivity contribution in [2.75, 3.05) is 6.54 Å². The molecule has 1 aromatic carbocycles. The Labute approximate surface area is 143 Å². The summed E-state index contributed by atoms with van der Waals surface area (Å²) < 4.78 is 13.2. The monoisotopic (exact) mass is 346 g/mol. The number of rotatable bonds is 7. The quantitative estimate of drug-likeness (QED) is 0.644. The van der Waals surface area contributed by atoms with Crippen LogP contribution in [0, 0.1) is 5.82 Å². The zero-order valence-electron chi connectivity index (χ0n) is 13.4. The minimum atomic E-state index is -0.282. The van der Waals surface area contributed by atoms with Gasteiger partial charge in [0.05, 0.1) is 16.0 Å². The van der Waals surface area contributed by atoms with Crippen molar-refractivity contribution < 1.29 is 9.18 Å². The number of carbonyl (C=O) groups is 1. The minimum Gasteiger partial charge on any atom is -0.351 e. The van der Waals surface area contributed by atoms with Crippen molar-refractivity contribution in [1.82, 2.24) is 20.3 Å². The molecule has 2 aromatic heterocycles. The molecule has 3 aromatic rings. The first kappa shape index (κ1) is 16.6. The van der Waals surface area contributed by atoms with Crippen LogP contribution in [0.2, 0.25) is 0 Å². The Balaban J connectivity index is 1.47. The number of imidazole rings is 1. The fourth-order valence-corrected chi connectivity index (χ4v) is 3.33. The molecule has 126 valence electrons. The first-order valence-corrected chi connectivity index (χ1v) is 8.90. The third kappa shape index (κ3) is 3.97. The molecule has 7 heteroatoms. The van der Waals surface area contributed by atoms with Crippen LogP contribution in [0.25, 0.3) is 11.0 Å². The topological polar surface area (TPSA) is 70.7 Å². The molecule has 0 fully saturated rings. The summed E-state index contributed by atoms with van der Waals surface area (Å²) in [4.78, 5) is 23.9. The van der Waals surface area contributed by atoms with E-state index in [1.807, 2.05) is 0 Å². The van der Waals surface area contributed by atoms with E-state index >= 15 is 0 Å². The van der Waals surface area contributed by atoms with Gasteiger partial charge in [-0.3, -0.25) is 4.79 Å². The highest BCUT2D eigenvalue weighted by Crippen LogP contribution is 2.14. The highest BCUT2D eigenvalue weighted by molar-refractivity contribution is 7.09. The summed E-state index contributed by atoms with van der Waals surface area (Å²) in [5.41, 5.74) is 1.93. The molecule has 0 saturated carbocycles. The lowest BCUT2D eigenvalue weighted by Crippen LogP contribution is -2.25. The Morgan fingerprint density at radius 1 is 1.33 bits per heavy atom. The number of benzene rings is 1. The van der Waals surface area contributed by atoms with E-state index in [1.54, 1.807) is 11.4 Å². The number of fused-ring (bicyclic) bond motifs is 1. The molecule has 0 radical (unpaired) electrons. The Morgan fingerprint density at radius 2 is 2.21 bits per heavy atom. The van der Waals surface area contributed by atoms with Crippen LogP contribution in [0.3, 0.4) is 0 Å². The van der Waals surface area contributed by atoms with Crippen LogP contribution in [0.15, 0.2) is 23.6 Å². The normalized spacial score (nSPS) is 11.1. The average molecular weight is 346 g/mol. The second-order valence-corrected chi connectivity index (χ2v) is 6.52. The van der Waals surface area contributed by atoms with Crippen LogP contribution in [-0.4, -0.2) is 27.4 Å². The predicted molar refractivity (Wildman–Crippen MR) is 92.8 cm³/mol. The number of hydrogen-bond donors (Lipinski definition) is 2. The van der Waals surface area contributed by atoms with E-state index in [0.29, 0.717) is 24.2 Å². The number of halogens is 1. The highest BCUT2D eigenvalue weighted by Gasteiger charge is 2.10. The molecule has 24 heavy (non-hydrogen) atoms. The molecule has 0 spiro atoms. The lowest BCUT2D eigenvalue weighted by atomic mass is 10.3. The molecular weight excluding hydrogens is 327 g/mol. The largest absolute Gasteiger partial charge is 0.351 e. The maximum absolute atomic E-state index is 13.2. The molecule has 0 saturated heterocycles. The number of aromatic amines is 1. The third-order valence-corrected chi connectivity index (χ3v) is 4.53. The molecule has 0 atom stereocenters. The second-order valence-electron chi connectivity index (χ2n) is 5.58. The smallest absolute Gasteiger partial charge is 0.270 e. The molecule has 3 rings (SSSR count). The SMILES string of the molecule is CCCc1nc(C(=O)NCCCc2nc3ccc(F)cc3[nH]2)cs1. The van der Waals surface area contributed by atoms with E-state index in [0.717, 1.165) is 35.6 Å². The summed E-state index contributed by atoms with van der Waals surface area (Å²) >= 11 is 1.52. The van der Waals surface area contributed by atoms with Gasteiger partial charge in [-0.1, -0.05) is 6.92 Å². The van der Waals surface area contributed by atoms with E-state index in [2.05, 4.69) is 27.2 Å². The standard InChI is InChI=1S/C17H19FN4OS/c1-2-4-16-22-14(10-24-16)17(23)19-8-3-5-15-20-12-7-6-11(18)9-13(12)21-15/h6-7,9-10H,2-5,8H2,1H3,(H,19,23)(H,20,21). The lowest BCUT2D eigenvalue weighted by molar-refractivity contribution is 0.0948. The van der Waals surface area contributed by atoms with E-state index in [-0.39, 0.29) is 11.7 Å². The van der Waals surface area contributed by atoms with Gasteiger partial charge in [0.1, 0.15) is 17.3 Å². The van der Waals surface area contributed by atoms with Gasteiger partial charge in [-0.15, -0.1) is 11.3 Å². The van der Waals surface area contributed by atoms with Crippen LogP contribution in [0.5, 0.6) is 0 Å². The molecule has 0 unspecified atom stereocenters. The Bertz CT molecular complexity index is 842. The Kier molecular flexibility index (Phi) is 5.20. The van der Waals surface area contributed by atoms with Crippen LogP contribution in [-0.2, 0) is 12.8 Å². The summed E-state index contributed by atoms with van der Waals surface area (Å²) in [5, 5.41) is 5.67. The number of thiazole rings is 1. The number of carbonyl (C=O) groups excluding carboxylic acids is 1. The van der Waals surface area contributed by atoms with Gasteiger partial charge in [-0.2, -0.15) is 0 Å². The molecule has 5 nitrogen and oxygen atoms in total. The number of aromatic nitrogens is 3. The van der Waals surface area contributed by atoms with Gasteiger partial charge in [0, 0.05) is 18.3 Å². The van der Waals surface area contributed by atoms with Crippen LogP contribution in [0.1, 0.15) is 41.1 Å². The molecule has 0 bridgehead atoms. The molecule has 2 N–H and O–H groups in total.